The Morgan fingerprint density at radius 2 is 2.12 bits per heavy atom. The van der Waals surface area contributed by atoms with Gasteiger partial charge in [-0.1, -0.05) is 29.5 Å². The van der Waals surface area contributed by atoms with Crippen LogP contribution in [0.3, 0.4) is 0 Å². The molecule has 0 atom stereocenters. The Kier molecular flexibility index (Phi) is 4.01. The maximum absolute atomic E-state index is 12.7. The number of anilines is 1. The van der Waals surface area contributed by atoms with Crippen LogP contribution in [0.15, 0.2) is 36.5 Å². The zero-order chi connectivity index (χ0) is 17.4. The number of thiazole rings is 1. The number of aromatic nitrogens is 2. The molecule has 128 valence electrons. The van der Waals surface area contributed by atoms with Gasteiger partial charge in [-0.2, -0.15) is 0 Å². The van der Waals surface area contributed by atoms with Gasteiger partial charge in [-0.3, -0.25) is 9.59 Å². The molecular formula is C18H18N4O2S. The second-order valence-electron chi connectivity index (χ2n) is 6.14. The molecule has 1 aromatic carbocycles. The van der Waals surface area contributed by atoms with E-state index in [1.165, 1.54) is 18.3 Å². The van der Waals surface area contributed by atoms with Crippen LogP contribution in [0.4, 0.5) is 5.13 Å². The van der Waals surface area contributed by atoms with Gasteiger partial charge in [0.05, 0.1) is 12.2 Å². The number of nitrogens with one attached hydrogen (secondary N) is 1. The van der Waals surface area contributed by atoms with Crippen molar-refractivity contribution in [3.63, 3.8) is 0 Å². The number of nitrogens with zero attached hydrogens (tertiary/aromatic N) is 3. The van der Waals surface area contributed by atoms with Gasteiger partial charge in [-0.05, 0) is 17.5 Å². The lowest BCUT2D eigenvalue weighted by Crippen LogP contribution is -2.37. The molecule has 6 nitrogen and oxygen atoms in total. The molecule has 0 saturated heterocycles. The number of carbonyl (C=O) groups is 2. The van der Waals surface area contributed by atoms with E-state index < -0.39 is 0 Å². The number of hydrogen-bond acceptors (Lipinski definition) is 4. The second-order valence-corrected chi connectivity index (χ2v) is 7.22. The topological polar surface area (TPSA) is 67.2 Å². The van der Waals surface area contributed by atoms with Gasteiger partial charge in [-0.15, -0.1) is 0 Å². The van der Waals surface area contributed by atoms with Gasteiger partial charge in [0.15, 0.2) is 5.13 Å². The Labute approximate surface area is 149 Å². The Balaban J connectivity index is 1.48. The summed E-state index contributed by atoms with van der Waals surface area (Å²) >= 11 is 1.45. The van der Waals surface area contributed by atoms with Crippen molar-refractivity contribution in [2.24, 2.45) is 0 Å². The van der Waals surface area contributed by atoms with Crippen LogP contribution in [0, 0.1) is 0 Å². The molecule has 7 heteroatoms. The zero-order valence-electron chi connectivity index (χ0n) is 13.9. The lowest BCUT2D eigenvalue weighted by molar-refractivity contribution is -0.132. The molecule has 0 fully saturated rings. The smallest absolute Gasteiger partial charge is 0.242 e. The van der Waals surface area contributed by atoms with Crippen molar-refractivity contribution in [1.82, 2.24) is 14.5 Å². The van der Waals surface area contributed by atoms with Crippen LogP contribution in [0.2, 0.25) is 0 Å². The molecule has 1 aliphatic rings. The lowest BCUT2D eigenvalue weighted by Gasteiger charge is -2.26. The van der Waals surface area contributed by atoms with E-state index in [0.717, 1.165) is 27.9 Å². The minimum atomic E-state index is -0.126. The molecular weight excluding hydrogens is 336 g/mol. The number of amides is 2. The average molecular weight is 354 g/mol. The normalized spacial score (nSPS) is 13.7. The maximum Gasteiger partial charge on any atom is 0.242 e. The second kappa shape index (κ2) is 6.33. The van der Waals surface area contributed by atoms with Gasteiger partial charge >= 0.3 is 0 Å². The van der Waals surface area contributed by atoms with Crippen LogP contribution in [0.1, 0.15) is 17.5 Å². The molecule has 1 aliphatic heterocycles. The quantitative estimate of drug-likeness (QED) is 0.786. The standard InChI is InChI=1S/C18H18N4O2S/c1-12(23)19-18-20-14-7-9-22(10-16(14)25-18)17(24)11-21-8-6-13-4-2-3-5-15(13)21/h2-6,8H,7,9-11H2,1H3,(H,19,20,23). The van der Waals surface area contributed by atoms with Gasteiger partial charge in [-0.25, -0.2) is 4.98 Å². The minimum absolute atomic E-state index is 0.0986. The molecule has 0 unspecified atom stereocenters. The Morgan fingerprint density at radius 1 is 1.28 bits per heavy atom. The fourth-order valence-corrected chi connectivity index (χ4v) is 4.21. The Morgan fingerprint density at radius 3 is 2.96 bits per heavy atom. The molecule has 0 saturated carbocycles. The third-order valence-corrected chi connectivity index (χ3v) is 5.35. The maximum atomic E-state index is 12.7. The third kappa shape index (κ3) is 3.15. The van der Waals surface area contributed by atoms with Gasteiger partial charge in [0.2, 0.25) is 11.8 Å². The summed E-state index contributed by atoms with van der Waals surface area (Å²) in [6.07, 6.45) is 2.68. The fourth-order valence-electron chi connectivity index (χ4n) is 3.14. The number of carbonyl (C=O) groups excluding carboxylic acids is 2. The van der Waals surface area contributed by atoms with Gasteiger partial charge < -0.3 is 14.8 Å². The monoisotopic (exact) mass is 354 g/mol. The highest BCUT2D eigenvalue weighted by atomic mass is 32.1. The first-order valence-corrected chi connectivity index (χ1v) is 8.99. The third-order valence-electron chi connectivity index (χ3n) is 4.35. The van der Waals surface area contributed by atoms with E-state index in [1.807, 2.05) is 46.0 Å². The molecule has 3 aromatic rings. The largest absolute Gasteiger partial charge is 0.338 e. The molecule has 0 bridgehead atoms. The molecule has 2 aromatic heterocycles. The summed E-state index contributed by atoms with van der Waals surface area (Å²) in [6.45, 7) is 3.02. The van der Waals surface area contributed by atoms with Crippen molar-refractivity contribution in [2.45, 2.75) is 26.4 Å². The first-order chi connectivity index (χ1) is 12.1. The van der Waals surface area contributed by atoms with E-state index in [-0.39, 0.29) is 11.8 Å². The van der Waals surface area contributed by atoms with E-state index in [1.54, 1.807) is 0 Å². The van der Waals surface area contributed by atoms with Crippen molar-refractivity contribution < 1.29 is 9.59 Å². The molecule has 0 spiro atoms. The molecule has 0 aliphatic carbocycles. The number of hydrogen-bond donors (Lipinski definition) is 1. The summed E-state index contributed by atoms with van der Waals surface area (Å²) in [6, 6.07) is 10.1. The van der Waals surface area contributed by atoms with Crippen molar-refractivity contribution in [3.05, 3.63) is 47.1 Å². The van der Waals surface area contributed by atoms with Crippen LogP contribution >= 0.6 is 11.3 Å². The predicted octanol–water partition coefficient (Wildman–Crippen LogP) is 2.64. The van der Waals surface area contributed by atoms with Crippen molar-refractivity contribution in [1.29, 1.82) is 0 Å². The number of rotatable bonds is 3. The molecule has 3 heterocycles. The Bertz CT molecular complexity index is 959. The summed E-state index contributed by atoms with van der Waals surface area (Å²) in [5, 5.41) is 4.48. The van der Waals surface area contributed by atoms with Crippen LogP contribution in [0.25, 0.3) is 10.9 Å². The molecule has 25 heavy (non-hydrogen) atoms. The van der Waals surface area contributed by atoms with Crippen LogP contribution < -0.4 is 5.32 Å². The number of benzene rings is 1. The molecule has 2 amide bonds. The van der Waals surface area contributed by atoms with Gasteiger partial charge in [0.25, 0.3) is 0 Å². The lowest BCUT2D eigenvalue weighted by atomic mass is 10.2. The van der Waals surface area contributed by atoms with Gasteiger partial charge in [0, 0.05) is 36.5 Å². The fraction of sp³-hybridized carbons (Fsp3) is 0.278. The Hall–Kier alpha value is -2.67. The number of para-hydroxylation sites is 1. The van der Waals surface area contributed by atoms with E-state index in [0.29, 0.717) is 24.8 Å². The van der Waals surface area contributed by atoms with Crippen LogP contribution in [0.5, 0.6) is 0 Å². The summed E-state index contributed by atoms with van der Waals surface area (Å²) in [5.74, 6) is -0.0278. The highest BCUT2D eigenvalue weighted by molar-refractivity contribution is 7.15. The van der Waals surface area contributed by atoms with Crippen molar-refractivity contribution in [2.75, 3.05) is 11.9 Å². The summed E-state index contributed by atoms with van der Waals surface area (Å²) in [4.78, 5) is 31.3. The predicted molar refractivity (Wildman–Crippen MR) is 97.5 cm³/mol. The van der Waals surface area contributed by atoms with E-state index in [9.17, 15) is 9.59 Å². The first-order valence-electron chi connectivity index (χ1n) is 8.18. The SMILES string of the molecule is CC(=O)Nc1nc2c(s1)CN(C(=O)Cn1ccc3ccccc31)CC2. The molecule has 0 radical (unpaired) electrons. The molecule has 4 rings (SSSR count). The highest BCUT2D eigenvalue weighted by Crippen LogP contribution is 2.28. The van der Waals surface area contributed by atoms with E-state index in [2.05, 4.69) is 10.3 Å². The summed E-state index contributed by atoms with van der Waals surface area (Å²) in [5.41, 5.74) is 2.06. The summed E-state index contributed by atoms with van der Waals surface area (Å²) in [7, 11) is 0. The first kappa shape index (κ1) is 15.8. The average Bonchev–Trinajstić information content (AvgIpc) is 3.17. The van der Waals surface area contributed by atoms with Crippen LogP contribution in [-0.2, 0) is 29.1 Å². The highest BCUT2D eigenvalue weighted by Gasteiger charge is 2.24. The van der Waals surface area contributed by atoms with Gasteiger partial charge in [0.1, 0.15) is 6.54 Å². The van der Waals surface area contributed by atoms with Crippen molar-refractivity contribution in [3.8, 4) is 0 Å². The zero-order valence-corrected chi connectivity index (χ0v) is 14.7. The number of fused-ring (bicyclic) bond motifs is 2. The van der Waals surface area contributed by atoms with Crippen LogP contribution in [-0.4, -0.2) is 32.8 Å². The van der Waals surface area contributed by atoms with E-state index in [4.69, 9.17) is 0 Å². The molecule has 1 N–H and O–H groups in total. The van der Waals surface area contributed by atoms with E-state index >= 15 is 0 Å². The van der Waals surface area contributed by atoms with Crippen molar-refractivity contribution >= 4 is 39.2 Å². The summed E-state index contributed by atoms with van der Waals surface area (Å²) < 4.78 is 1.99. The minimum Gasteiger partial charge on any atom is -0.338 e.